The van der Waals surface area contributed by atoms with Crippen LogP contribution in [0.15, 0.2) is 24.3 Å². The van der Waals surface area contributed by atoms with Gasteiger partial charge < -0.3 is 9.30 Å². The fourth-order valence-electron chi connectivity index (χ4n) is 1.70. The van der Waals surface area contributed by atoms with Crippen molar-refractivity contribution >= 4 is 25.3 Å². The molecule has 18 heavy (non-hydrogen) atoms. The highest BCUT2D eigenvalue weighted by Crippen LogP contribution is 2.25. The first-order chi connectivity index (χ1) is 8.67. The Bertz CT molecular complexity index is 525. The molecule has 2 rings (SSSR count). The molecule has 1 aromatic carbocycles. The van der Waals surface area contributed by atoms with E-state index in [1.54, 1.807) is 7.11 Å². The van der Waals surface area contributed by atoms with Crippen molar-refractivity contribution in [1.82, 2.24) is 14.8 Å². The first-order valence-electron chi connectivity index (χ1n) is 5.50. The minimum Gasteiger partial charge on any atom is -0.497 e. The Morgan fingerprint density at radius 1 is 1.28 bits per heavy atom. The summed E-state index contributed by atoms with van der Waals surface area (Å²) in [6, 6.07) is 7.72. The lowest BCUT2D eigenvalue weighted by molar-refractivity contribution is 0.415. The van der Waals surface area contributed by atoms with E-state index in [1.807, 2.05) is 35.9 Å². The zero-order valence-electron chi connectivity index (χ0n) is 10.2. The summed E-state index contributed by atoms with van der Waals surface area (Å²) in [4.78, 5) is 0. The van der Waals surface area contributed by atoms with Crippen LogP contribution in [0.2, 0.25) is 0 Å². The van der Waals surface area contributed by atoms with Gasteiger partial charge >= 0.3 is 0 Å². The van der Waals surface area contributed by atoms with Crippen molar-refractivity contribution in [1.29, 1.82) is 0 Å². The van der Waals surface area contributed by atoms with Gasteiger partial charge in [0.05, 0.1) is 12.4 Å². The molecular weight excluding hydrogens is 266 g/mol. The summed E-state index contributed by atoms with van der Waals surface area (Å²) in [5.41, 5.74) is 0.997. The van der Waals surface area contributed by atoms with Crippen molar-refractivity contribution in [2.75, 3.05) is 12.9 Å². The van der Waals surface area contributed by atoms with E-state index >= 15 is 0 Å². The van der Waals surface area contributed by atoms with Gasteiger partial charge in [-0.25, -0.2) is 0 Å². The van der Waals surface area contributed by atoms with Crippen LogP contribution in [0.25, 0.3) is 11.4 Å². The summed E-state index contributed by atoms with van der Waals surface area (Å²) >= 11 is 8.65. The summed E-state index contributed by atoms with van der Waals surface area (Å²) in [7, 11) is 3.58. The van der Waals surface area contributed by atoms with E-state index in [0.29, 0.717) is 5.75 Å². The zero-order valence-corrected chi connectivity index (χ0v) is 12.0. The summed E-state index contributed by atoms with van der Waals surface area (Å²) in [6.07, 6.45) is 0. The van der Waals surface area contributed by atoms with E-state index in [1.165, 1.54) is 0 Å². The smallest absolute Gasteiger partial charge is 0.163 e. The maximum Gasteiger partial charge on any atom is 0.163 e. The van der Waals surface area contributed by atoms with Gasteiger partial charge in [-0.1, -0.05) is 0 Å². The number of rotatable bonds is 4. The van der Waals surface area contributed by atoms with Crippen molar-refractivity contribution in [2.24, 2.45) is 7.05 Å². The maximum atomic E-state index is 5.13. The molecule has 1 unspecified atom stereocenters. The third-order valence-corrected chi connectivity index (χ3v) is 3.79. The molecule has 0 spiro atoms. The molecule has 1 heterocycles. The Balaban J connectivity index is 2.36. The molecule has 0 radical (unpaired) electrons. The fraction of sp³-hybridized carbons (Fsp3) is 0.333. The number of nitrogens with zero attached hydrogens (tertiary/aromatic N) is 3. The molecule has 1 aromatic heterocycles. The predicted molar refractivity (Wildman–Crippen MR) is 78.6 cm³/mol. The first kappa shape index (κ1) is 13.3. The molecule has 0 saturated heterocycles. The summed E-state index contributed by atoms with van der Waals surface area (Å²) in [5.74, 6) is 3.08. The topological polar surface area (TPSA) is 39.9 Å². The highest BCUT2D eigenvalue weighted by Gasteiger charge is 2.15. The second-order valence-electron chi connectivity index (χ2n) is 3.87. The van der Waals surface area contributed by atoms with Crippen LogP contribution in [-0.4, -0.2) is 27.6 Å². The highest BCUT2D eigenvalue weighted by atomic mass is 32.1. The Hall–Kier alpha value is -1.14. The van der Waals surface area contributed by atoms with Crippen LogP contribution < -0.4 is 4.74 Å². The quantitative estimate of drug-likeness (QED) is 0.845. The molecule has 0 amide bonds. The number of benzene rings is 1. The Morgan fingerprint density at radius 3 is 2.50 bits per heavy atom. The van der Waals surface area contributed by atoms with Crippen LogP contribution in [0.5, 0.6) is 5.75 Å². The van der Waals surface area contributed by atoms with Crippen LogP contribution in [0.4, 0.5) is 0 Å². The molecule has 6 heteroatoms. The summed E-state index contributed by atoms with van der Waals surface area (Å²) < 4.78 is 7.07. The lowest BCUT2D eigenvalue weighted by Crippen LogP contribution is -2.03. The monoisotopic (exact) mass is 281 g/mol. The van der Waals surface area contributed by atoms with Crippen molar-refractivity contribution in [3.8, 4) is 17.1 Å². The van der Waals surface area contributed by atoms with E-state index in [-0.39, 0.29) is 5.25 Å². The fourth-order valence-corrected chi connectivity index (χ4v) is 2.09. The van der Waals surface area contributed by atoms with Crippen molar-refractivity contribution < 1.29 is 4.74 Å². The van der Waals surface area contributed by atoms with Gasteiger partial charge in [-0.15, -0.1) is 10.2 Å². The first-order valence-corrected chi connectivity index (χ1v) is 6.65. The minimum atomic E-state index is -0.0159. The van der Waals surface area contributed by atoms with Gasteiger partial charge in [0.1, 0.15) is 11.6 Å². The van der Waals surface area contributed by atoms with Crippen molar-refractivity contribution in [3.63, 3.8) is 0 Å². The number of hydrogen-bond donors (Lipinski definition) is 2. The summed E-state index contributed by atoms with van der Waals surface area (Å²) in [6.45, 7) is 0. The third-order valence-electron chi connectivity index (χ3n) is 2.73. The largest absolute Gasteiger partial charge is 0.497 e. The Morgan fingerprint density at radius 2 is 1.94 bits per heavy atom. The second-order valence-corrected chi connectivity index (χ2v) is 4.86. The number of ether oxygens (including phenoxy) is 1. The van der Waals surface area contributed by atoms with Gasteiger partial charge in [0.25, 0.3) is 0 Å². The van der Waals surface area contributed by atoms with Gasteiger partial charge in [0, 0.05) is 18.4 Å². The van der Waals surface area contributed by atoms with E-state index in [9.17, 15) is 0 Å². The highest BCUT2D eigenvalue weighted by molar-refractivity contribution is 7.84. The van der Waals surface area contributed by atoms with Crippen LogP contribution in [0.1, 0.15) is 11.1 Å². The average Bonchev–Trinajstić information content (AvgIpc) is 2.80. The van der Waals surface area contributed by atoms with Crippen molar-refractivity contribution in [2.45, 2.75) is 5.25 Å². The van der Waals surface area contributed by atoms with Gasteiger partial charge in [0.2, 0.25) is 0 Å². The molecule has 1 atom stereocenters. The van der Waals surface area contributed by atoms with E-state index in [4.69, 9.17) is 4.74 Å². The van der Waals surface area contributed by atoms with E-state index in [2.05, 4.69) is 35.5 Å². The molecule has 0 N–H and O–H groups in total. The standard InChI is InChI=1S/C12H15N3OS2/c1-15-11(13-14-12(15)10(18)7-17)8-3-5-9(16-2)6-4-8/h3-6,10,17-18H,7H2,1-2H3. The van der Waals surface area contributed by atoms with Crippen molar-refractivity contribution in [3.05, 3.63) is 30.1 Å². The molecule has 0 aliphatic heterocycles. The van der Waals surface area contributed by atoms with E-state index in [0.717, 1.165) is 23.0 Å². The Labute approximate surface area is 117 Å². The molecule has 0 saturated carbocycles. The number of thiol groups is 2. The number of aromatic nitrogens is 3. The summed E-state index contributed by atoms with van der Waals surface area (Å²) in [5, 5.41) is 8.35. The second kappa shape index (κ2) is 5.67. The Kier molecular flexibility index (Phi) is 4.19. The molecule has 4 nitrogen and oxygen atoms in total. The third kappa shape index (κ3) is 2.49. The zero-order chi connectivity index (χ0) is 13.1. The van der Waals surface area contributed by atoms with Gasteiger partial charge in [-0.05, 0) is 24.3 Å². The van der Waals surface area contributed by atoms with Crippen LogP contribution in [0.3, 0.4) is 0 Å². The molecule has 2 aromatic rings. The van der Waals surface area contributed by atoms with Crippen LogP contribution >= 0.6 is 25.3 Å². The average molecular weight is 281 g/mol. The maximum absolute atomic E-state index is 5.13. The normalized spacial score (nSPS) is 12.4. The lowest BCUT2D eigenvalue weighted by atomic mass is 10.2. The number of hydrogen-bond acceptors (Lipinski definition) is 5. The van der Waals surface area contributed by atoms with Gasteiger partial charge in [0.15, 0.2) is 5.82 Å². The van der Waals surface area contributed by atoms with Gasteiger partial charge in [-0.3, -0.25) is 0 Å². The lowest BCUT2D eigenvalue weighted by Gasteiger charge is -2.08. The predicted octanol–water partition coefficient (Wildman–Crippen LogP) is 2.39. The SMILES string of the molecule is COc1ccc(-c2nnc(C(S)CS)n2C)cc1. The molecule has 0 aliphatic carbocycles. The van der Waals surface area contributed by atoms with Gasteiger partial charge in [-0.2, -0.15) is 25.3 Å². The van der Waals surface area contributed by atoms with Crippen LogP contribution in [-0.2, 0) is 7.05 Å². The molecular formula is C12H15N3OS2. The molecule has 96 valence electrons. The van der Waals surface area contributed by atoms with E-state index < -0.39 is 0 Å². The molecule has 0 bridgehead atoms. The molecule has 0 aliphatic rings. The number of methoxy groups -OCH3 is 1. The molecule has 0 fully saturated rings. The van der Waals surface area contributed by atoms with Crippen LogP contribution in [0, 0.1) is 0 Å². The minimum absolute atomic E-state index is 0.0159.